The average Bonchev–Trinajstić information content (AvgIpc) is 2.61. The Hall–Kier alpha value is -2.63. The molecule has 0 fully saturated rings. The van der Waals surface area contributed by atoms with Crippen molar-refractivity contribution in [3.63, 3.8) is 0 Å². The zero-order chi connectivity index (χ0) is 17.8. The van der Waals surface area contributed by atoms with Crippen LogP contribution in [0.25, 0.3) is 10.9 Å². The van der Waals surface area contributed by atoms with E-state index in [1.54, 1.807) is 18.2 Å². The second-order valence-corrected chi connectivity index (χ2v) is 6.19. The molecule has 1 amide bonds. The highest BCUT2D eigenvalue weighted by molar-refractivity contribution is 6.31. The highest BCUT2D eigenvalue weighted by Crippen LogP contribution is 2.15. The Labute approximate surface area is 150 Å². The topological polar surface area (TPSA) is 74.0 Å². The van der Waals surface area contributed by atoms with Crippen molar-refractivity contribution in [3.05, 3.63) is 80.6 Å². The largest absolute Gasteiger partial charge is 0.360 e. The quantitative estimate of drug-likeness (QED) is 0.659. The maximum absolute atomic E-state index is 12.5. The smallest absolute Gasteiger partial charge is 0.257 e. The highest BCUT2D eigenvalue weighted by atomic mass is 35.5. The fraction of sp³-hybridized carbons (Fsp3) is 0.158. The van der Waals surface area contributed by atoms with Crippen molar-refractivity contribution in [1.29, 1.82) is 0 Å². The molecule has 128 valence electrons. The van der Waals surface area contributed by atoms with Crippen LogP contribution in [0.15, 0.2) is 53.5 Å². The van der Waals surface area contributed by atoms with E-state index in [2.05, 4.69) is 15.6 Å². The van der Waals surface area contributed by atoms with E-state index in [4.69, 9.17) is 11.6 Å². The van der Waals surface area contributed by atoms with E-state index in [0.717, 1.165) is 12.1 Å². The highest BCUT2D eigenvalue weighted by Gasteiger charge is 2.13. The van der Waals surface area contributed by atoms with Gasteiger partial charge in [-0.25, -0.2) is 0 Å². The van der Waals surface area contributed by atoms with Crippen LogP contribution in [0.3, 0.4) is 0 Å². The van der Waals surface area contributed by atoms with Gasteiger partial charge in [-0.05, 0) is 36.4 Å². The Bertz CT molecular complexity index is 965. The Morgan fingerprint density at radius 3 is 2.44 bits per heavy atom. The van der Waals surface area contributed by atoms with Crippen molar-refractivity contribution in [2.45, 2.75) is 13.1 Å². The molecule has 2 aromatic carbocycles. The average molecular weight is 356 g/mol. The van der Waals surface area contributed by atoms with Crippen LogP contribution in [0.5, 0.6) is 0 Å². The normalized spacial score (nSPS) is 10.8. The Balaban J connectivity index is 1.75. The van der Waals surface area contributed by atoms with Gasteiger partial charge in [0.15, 0.2) is 0 Å². The predicted molar refractivity (Wildman–Crippen MR) is 100.0 cm³/mol. The zero-order valence-electron chi connectivity index (χ0n) is 13.7. The number of fused-ring (bicyclic) bond motifs is 1. The summed E-state index contributed by atoms with van der Waals surface area (Å²) >= 11 is 5.92. The number of aromatic amines is 1. The van der Waals surface area contributed by atoms with Gasteiger partial charge in [0.1, 0.15) is 5.56 Å². The molecule has 1 heterocycles. The van der Waals surface area contributed by atoms with Crippen LogP contribution in [0.4, 0.5) is 0 Å². The summed E-state index contributed by atoms with van der Waals surface area (Å²) in [5, 5.41) is 6.83. The second kappa shape index (κ2) is 7.51. The van der Waals surface area contributed by atoms with Crippen molar-refractivity contribution < 1.29 is 4.79 Å². The van der Waals surface area contributed by atoms with Gasteiger partial charge in [0, 0.05) is 29.7 Å². The lowest BCUT2D eigenvalue weighted by Gasteiger charge is -2.07. The molecule has 3 aromatic rings. The van der Waals surface area contributed by atoms with Crippen molar-refractivity contribution in [1.82, 2.24) is 15.6 Å². The van der Waals surface area contributed by atoms with Crippen molar-refractivity contribution >= 4 is 28.4 Å². The van der Waals surface area contributed by atoms with Crippen molar-refractivity contribution in [3.8, 4) is 0 Å². The van der Waals surface area contributed by atoms with Gasteiger partial charge in [0.2, 0.25) is 5.43 Å². The number of carbonyl (C=O) groups is 1. The molecular formula is C19H18ClN3O2. The SMILES string of the molecule is CNCc1ccc(CNC(=O)c2c[nH]c3cc(Cl)ccc3c2=O)cc1. The zero-order valence-corrected chi connectivity index (χ0v) is 14.5. The first-order chi connectivity index (χ1) is 12.1. The first kappa shape index (κ1) is 17.2. The number of amides is 1. The third-order valence-corrected chi connectivity index (χ3v) is 4.18. The Kier molecular flexibility index (Phi) is 5.16. The van der Waals surface area contributed by atoms with Gasteiger partial charge in [-0.15, -0.1) is 0 Å². The fourth-order valence-electron chi connectivity index (χ4n) is 2.62. The van der Waals surface area contributed by atoms with Gasteiger partial charge in [0.25, 0.3) is 5.91 Å². The number of benzene rings is 2. The summed E-state index contributed by atoms with van der Waals surface area (Å²) in [7, 11) is 1.89. The van der Waals surface area contributed by atoms with E-state index in [-0.39, 0.29) is 11.0 Å². The second-order valence-electron chi connectivity index (χ2n) is 5.75. The standard InChI is InChI=1S/C19H18ClN3O2/c1-21-9-12-2-4-13(5-3-12)10-23-19(25)16-11-22-17-8-14(20)6-7-15(17)18(16)24/h2-8,11,21H,9-10H2,1H3,(H,22,24)(H,23,25). The summed E-state index contributed by atoms with van der Waals surface area (Å²) < 4.78 is 0. The predicted octanol–water partition coefficient (Wildman–Crippen LogP) is 2.83. The molecule has 0 atom stereocenters. The number of carbonyl (C=O) groups excluding carboxylic acids is 1. The van der Waals surface area contributed by atoms with Crippen molar-refractivity contribution in [2.75, 3.05) is 7.05 Å². The molecule has 0 saturated carbocycles. The monoisotopic (exact) mass is 355 g/mol. The number of rotatable bonds is 5. The summed E-state index contributed by atoms with van der Waals surface area (Å²) in [5.74, 6) is -0.405. The van der Waals surface area contributed by atoms with Crippen LogP contribution < -0.4 is 16.1 Å². The molecule has 5 nitrogen and oxygen atoms in total. The molecule has 6 heteroatoms. The van der Waals surface area contributed by atoms with Crippen LogP contribution in [0.1, 0.15) is 21.5 Å². The molecule has 0 bridgehead atoms. The fourth-order valence-corrected chi connectivity index (χ4v) is 2.79. The molecule has 1 aromatic heterocycles. The first-order valence-corrected chi connectivity index (χ1v) is 8.28. The molecule has 25 heavy (non-hydrogen) atoms. The number of H-pyrrole nitrogens is 1. The summed E-state index contributed by atoms with van der Waals surface area (Å²) in [5.41, 5.74) is 2.52. The van der Waals surface area contributed by atoms with E-state index < -0.39 is 5.91 Å². The summed E-state index contributed by atoms with van der Waals surface area (Å²) in [6.07, 6.45) is 1.42. The molecule has 0 spiro atoms. The summed E-state index contributed by atoms with van der Waals surface area (Å²) in [6, 6.07) is 12.8. The van der Waals surface area contributed by atoms with Crippen LogP contribution in [0, 0.1) is 0 Å². The van der Waals surface area contributed by atoms with Gasteiger partial charge in [-0.1, -0.05) is 35.9 Å². The lowest BCUT2D eigenvalue weighted by Crippen LogP contribution is -2.28. The molecule has 0 aliphatic carbocycles. The van der Waals surface area contributed by atoms with Gasteiger partial charge in [0.05, 0.1) is 5.52 Å². The van der Waals surface area contributed by atoms with E-state index in [1.165, 1.54) is 11.8 Å². The minimum atomic E-state index is -0.405. The number of nitrogens with one attached hydrogen (secondary N) is 3. The lowest BCUT2D eigenvalue weighted by molar-refractivity contribution is 0.0949. The van der Waals surface area contributed by atoms with Crippen LogP contribution in [-0.2, 0) is 13.1 Å². The van der Waals surface area contributed by atoms with E-state index in [1.807, 2.05) is 31.3 Å². The minimum absolute atomic E-state index is 0.0848. The van der Waals surface area contributed by atoms with Crippen LogP contribution >= 0.6 is 11.6 Å². The lowest BCUT2D eigenvalue weighted by atomic mass is 10.1. The summed E-state index contributed by atoms with van der Waals surface area (Å²) in [6.45, 7) is 1.15. The maximum atomic E-state index is 12.5. The number of hydrogen-bond acceptors (Lipinski definition) is 3. The van der Waals surface area contributed by atoms with E-state index in [0.29, 0.717) is 22.5 Å². The first-order valence-electron chi connectivity index (χ1n) is 7.90. The molecule has 0 aliphatic rings. The maximum Gasteiger partial charge on any atom is 0.257 e. The number of aromatic nitrogens is 1. The van der Waals surface area contributed by atoms with E-state index >= 15 is 0 Å². The summed E-state index contributed by atoms with van der Waals surface area (Å²) in [4.78, 5) is 27.8. The van der Waals surface area contributed by atoms with Crippen molar-refractivity contribution in [2.24, 2.45) is 0 Å². The van der Waals surface area contributed by atoms with Gasteiger partial charge in [-0.2, -0.15) is 0 Å². The molecule has 3 N–H and O–H groups in total. The minimum Gasteiger partial charge on any atom is -0.360 e. The van der Waals surface area contributed by atoms with Gasteiger partial charge >= 0.3 is 0 Å². The van der Waals surface area contributed by atoms with Gasteiger partial charge in [-0.3, -0.25) is 9.59 Å². The number of halogens is 1. The van der Waals surface area contributed by atoms with Crippen LogP contribution in [-0.4, -0.2) is 17.9 Å². The Morgan fingerprint density at radius 1 is 1.08 bits per heavy atom. The number of pyridine rings is 1. The molecule has 0 aliphatic heterocycles. The molecule has 0 unspecified atom stereocenters. The van der Waals surface area contributed by atoms with E-state index in [9.17, 15) is 9.59 Å². The van der Waals surface area contributed by atoms with Gasteiger partial charge < -0.3 is 15.6 Å². The molecule has 0 saturated heterocycles. The molecular weight excluding hydrogens is 338 g/mol. The Morgan fingerprint density at radius 2 is 1.76 bits per heavy atom. The third-order valence-electron chi connectivity index (χ3n) is 3.94. The number of hydrogen-bond donors (Lipinski definition) is 3. The molecule has 3 rings (SSSR count). The molecule has 0 radical (unpaired) electrons. The third kappa shape index (κ3) is 3.90. The van der Waals surface area contributed by atoms with Crippen LogP contribution in [0.2, 0.25) is 5.02 Å².